The SMILES string of the molecule is O=C(O)CCC/C=C\[C@H]1[C@H]2CC[C@H](C2)[C@@H]1CNS(=O)(=O)c1ccccc1Cl. The van der Waals surface area contributed by atoms with Crippen LogP contribution in [0.25, 0.3) is 0 Å². The molecule has 0 unspecified atom stereocenters. The molecule has 1 aromatic carbocycles. The standard InChI is InChI=1S/C20H26ClNO4S/c21-18-7-4-5-8-19(18)27(25,26)22-13-17-15-11-10-14(12-15)16(17)6-2-1-3-9-20(23)24/h2,4-8,14-17,22H,1,3,9-13H2,(H,23,24)/b6-2-/t14-,15+,16-,17-/m0/s1. The van der Waals surface area contributed by atoms with Crippen LogP contribution in [0, 0.1) is 23.7 Å². The van der Waals surface area contributed by atoms with E-state index in [2.05, 4.69) is 16.9 Å². The number of fused-ring (bicyclic) bond motifs is 2. The molecular weight excluding hydrogens is 386 g/mol. The molecule has 7 heteroatoms. The van der Waals surface area contributed by atoms with Crippen molar-refractivity contribution in [2.75, 3.05) is 6.54 Å². The average Bonchev–Trinajstić information content (AvgIpc) is 3.21. The fourth-order valence-corrected chi connectivity index (χ4v) is 6.22. The summed E-state index contributed by atoms with van der Waals surface area (Å²) >= 11 is 6.04. The summed E-state index contributed by atoms with van der Waals surface area (Å²) < 4.78 is 28.0. The molecule has 0 saturated heterocycles. The maximum Gasteiger partial charge on any atom is 0.303 e. The van der Waals surface area contributed by atoms with E-state index in [1.165, 1.54) is 12.5 Å². The predicted octanol–water partition coefficient (Wildman–Crippen LogP) is 4.09. The zero-order valence-electron chi connectivity index (χ0n) is 15.2. The van der Waals surface area contributed by atoms with Crippen molar-refractivity contribution >= 4 is 27.6 Å². The van der Waals surface area contributed by atoms with Gasteiger partial charge in [0.2, 0.25) is 10.0 Å². The first-order chi connectivity index (χ1) is 12.9. The van der Waals surface area contributed by atoms with Crippen molar-refractivity contribution in [1.29, 1.82) is 0 Å². The van der Waals surface area contributed by atoms with Gasteiger partial charge in [0.1, 0.15) is 4.90 Å². The highest BCUT2D eigenvalue weighted by Crippen LogP contribution is 2.52. The lowest BCUT2D eigenvalue weighted by Crippen LogP contribution is -2.35. The van der Waals surface area contributed by atoms with Gasteiger partial charge in [0.25, 0.3) is 0 Å². The Labute approximate surface area is 165 Å². The van der Waals surface area contributed by atoms with Gasteiger partial charge in [0, 0.05) is 13.0 Å². The van der Waals surface area contributed by atoms with Gasteiger partial charge >= 0.3 is 5.97 Å². The number of aliphatic carboxylic acids is 1. The first kappa shape index (κ1) is 20.4. The summed E-state index contributed by atoms with van der Waals surface area (Å²) in [6, 6.07) is 6.48. The molecule has 2 N–H and O–H groups in total. The van der Waals surface area contributed by atoms with Gasteiger partial charge in [-0.1, -0.05) is 35.9 Å². The topological polar surface area (TPSA) is 83.5 Å². The average molecular weight is 412 g/mol. The molecule has 5 nitrogen and oxygen atoms in total. The largest absolute Gasteiger partial charge is 0.481 e. The highest BCUT2D eigenvalue weighted by atomic mass is 35.5. The van der Waals surface area contributed by atoms with E-state index in [-0.39, 0.29) is 22.3 Å². The molecule has 0 heterocycles. The van der Waals surface area contributed by atoms with Gasteiger partial charge < -0.3 is 5.11 Å². The number of carbonyl (C=O) groups is 1. The lowest BCUT2D eigenvalue weighted by molar-refractivity contribution is -0.137. The number of unbranched alkanes of at least 4 members (excludes halogenated alkanes) is 1. The third-order valence-electron chi connectivity index (χ3n) is 5.91. The van der Waals surface area contributed by atoms with E-state index in [1.54, 1.807) is 18.2 Å². The fraction of sp³-hybridized carbons (Fsp3) is 0.550. The third-order valence-corrected chi connectivity index (χ3v) is 7.84. The summed E-state index contributed by atoms with van der Waals surface area (Å²) in [5, 5.41) is 8.94. The second kappa shape index (κ2) is 8.76. The normalized spacial score (nSPS) is 27.4. The van der Waals surface area contributed by atoms with E-state index < -0.39 is 16.0 Å². The molecule has 0 aromatic heterocycles. The van der Waals surface area contributed by atoms with Crippen molar-refractivity contribution in [2.45, 2.75) is 43.4 Å². The van der Waals surface area contributed by atoms with E-state index in [0.717, 1.165) is 19.3 Å². The lowest BCUT2D eigenvalue weighted by atomic mass is 9.79. The van der Waals surface area contributed by atoms with Crippen LogP contribution in [0.2, 0.25) is 5.02 Å². The molecule has 27 heavy (non-hydrogen) atoms. The first-order valence-corrected chi connectivity index (χ1v) is 11.4. The zero-order chi connectivity index (χ0) is 19.4. The Bertz CT molecular complexity index is 808. The second-order valence-corrected chi connectivity index (χ2v) is 9.71. The van der Waals surface area contributed by atoms with E-state index in [9.17, 15) is 13.2 Å². The maximum atomic E-state index is 12.6. The van der Waals surface area contributed by atoms with E-state index in [4.69, 9.17) is 16.7 Å². The van der Waals surface area contributed by atoms with E-state index in [1.807, 2.05) is 0 Å². The Balaban J connectivity index is 1.61. The van der Waals surface area contributed by atoms with Crippen molar-refractivity contribution in [2.24, 2.45) is 23.7 Å². The van der Waals surface area contributed by atoms with Gasteiger partial charge in [-0.3, -0.25) is 4.79 Å². The molecule has 1 aromatic rings. The van der Waals surface area contributed by atoms with Gasteiger partial charge in [-0.2, -0.15) is 0 Å². The number of allylic oxidation sites excluding steroid dienone is 2. The van der Waals surface area contributed by atoms with Crippen LogP contribution in [0.4, 0.5) is 0 Å². The summed E-state index contributed by atoms with van der Waals surface area (Å²) in [5.41, 5.74) is 0. The lowest BCUT2D eigenvalue weighted by Gasteiger charge is -2.29. The van der Waals surface area contributed by atoms with Crippen molar-refractivity contribution in [3.63, 3.8) is 0 Å². The number of halogens is 1. The molecular formula is C20H26ClNO4S. The number of carboxylic acid groups (broad SMARTS) is 1. The van der Waals surface area contributed by atoms with Crippen LogP contribution in [0.1, 0.15) is 38.5 Å². The molecule has 0 amide bonds. The third kappa shape index (κ3) is 4.92. The Morgan fingerprint density at radius 1 is 1.26 bits per heavy atom. The van der Waals surface area contributed by atoms with Crippen molar-refractivity contribution in [3.05, 3.63) is 41.4 Å². The minimum atomic E-state index is -3.63. The molecule has 2 bridgehead atoms. The quantitative estimate of drug-likeness (QED) is 0.473. The predicted molar refractivity (Wildman–Crippen MR) is 105 cm³/mol. The van der Waals surface area contributed by atoms with Gasteiger partial charge in [-0.15, -0.1) is 0 Å². The Morgan fingerprint density at radius 2 is 2.00 bits per heavy atom. The zero-order valence-corrected chi connectivity index (χ0v) is 16.8. The molecule has 2 aliphatic carbocycles. The molecule has 2 aliphatic rings. The summed E-state index contributed by atoms with van der Waals surface area (Å²) in [7, 11) is -3.63. The molecule has 3 rings (SSSR count). The number of nitrogens with one attached hydrogen (secondary N) is 1. The molecule has 0 radical (unpaired) electrons. The fourth-order valence-electron chi connectivity index (χ4n) is 4.63. The van der Waals surface area contributed by atoms with E-state index in [0.29, 0.717) is 30.7 Å². The van der Waals surface area contributed by atoms with E-state index >= 15 is 0 Å². The molecule has 4 atom stereocenters. The molecule has 2 saturated carbocycles. The van der Waals surface area contributed by atoms with Crippen molar-refractivity contribution in [3.8, 4) is 0 Å². The number of carboxylic acids is 1. The minimum absolute atomic E-state index is 0.121. The number of sulfonamides is 1. The summed E-state index contributed by atoms with van der Waals surface area (Å²) in [5.74, 6) is 1.05. The minimum Gasteiger partial charge on any atom is -0.481 e. The molecule has 148 valence electrons. The van der Waals surface area contributed by atoms with Gasteiger partial charge in [-0.25, -0.2) is 13.1 Å². The monoisotopic (exact) mass is 411 g/mol. The van der Waals surface area contributed by atoms with Crippen LogP contribution in [0.3, 0.4) is 0 Å². The van der Waals surface area contributed by atoms with Crippen LogP contribution >= 0.6 is 11.6 Å². The van der Waals surface area contributed by atoms with Gasteiger partial charge in [0.05, 0.1) is 5.02 Å². The van der Waals surface area contributed by atoms with Crippen molar-refractivity contribution < 1.29 is 18.3 Å². The number of rotatable bonds is 9. The Morgan fingerprint density at radius 3 is 2.74 bits per heavy atom. The number of hydrogen-bond donors (Lipinski definition) is 2. The molecule has 0 spiro atoms. The number of benzene rings is 1. The molecule has 0 aliphatic heterocycles. The summed E-state index contributed by atoms with van der Waals surface area (Å²) in [4.78, 5) is 10.7. The maximum absolute atomic E-state index is 12.6. The van der Waals surface area contributed by atoms with Crippen LogP contribution in [-0.4, -0.2) is 26.0 Å². The summed E-state index contributed by atoms with van der Waals surface area (Å²) in [6.07, 6.45) is 9.35. The first-order valence-electron chi connectivity index (χ1n) is 9.51. The van der Waals surface area contributed by atoms with Gasteiger partial charge in [0.15, 0.2) is 0 Å². The van der Waals surface area contributed by atoms with Crippen LogP contribution in [0.5, 0.6) is 0 Å². The highest BCUT2D eigenvalue weighted by Gasteiger charge is 2.46. The second-order valence-electron chi connectivity index (χ2n) is 7.57. The Hall–Kier alpha value is -1.37. The van der Waals surface area contributed by atoms with Gasteiger partial charge in [-0.05, 0) is 67.9 Å². The summed E-state index contributed by atoms with van der Waals surface area (Å²) in [6.45, 7) is 0.416. The van der Waals surface area contributed by atoms with Crippen LogP contribution in [-0.2, 0) is 14.8 Å². The Kier molecular flexibility index (Phi) is 6.61. The number of hydrogen-bond acceptors (Lipinski definition) is 3. The smallest absolute Gasteiger partial charge is 0.303 e. The molecule has 2 fully saturated rings. The highest BCUT2D eigenvalue weighted by molar-refractivity contribution is 7.89. The van der Waals surface area contributed by atoms with Crippen LogP contribution < -0.4 is 4.72 Å². The van der Waals surface area contributed by atoms with Crippen molar-refractivity contribution in [1.82, 2.24) is 4.72 Å². The van der Waals surface area contributed by atoms with Crippen LogP contribution in [0.15, 0.2) is 41.3 Å².